The summed E-state index contributed by atoms with van der Waals surface area (Å²) in [6.45, 7) is 4.41. The molecule has 0 bridgehead atoms. The highest BCUT2D eigenvalue weighted by molar-refractivity contribution is 7.84. The number of rotatable bonds is 0. The Bertz CT molecular complexity index is 199. The average Bonchev–Trinajstić information content (AvgIpc) is 1.98. The number of thiol groups is 1. The van der Waals surface area contributed by atoms with E-state index < -0.39 is 0 Å². The molecule has 1 aliphatic rings. The molecule has 1 aliphatic carbocycles. The van der Waals surface area contributed by atoms with Crippen molar-refractivity contribution in [3.8, 4) is 0 Å². The van der Waals surface area contributed by atoms with E-state index in [2.05, 4.69) is 32.6 Å². The smallest absolute Gasteiger partial charge is 0.0187 e. The van der Waals surface area contributed by atoms with Gasteiger partial charge in [-0.3, -0.25) is 0 Å². The predicted octanol–water partition coefficient (Wildman–Crippen LogP) is 3.71. The van der Waals surface area contributed by atoms with E-state index >= 15 is 0 Å². The third-order valence-corrected chi connectivity index (χ3v) is 2.87. The molecule has 0 N–H and O–H groups in total. The van der Waals surface area contributed by atoms with E-state index in [0.717, 1.165) is 6.42 Å². The molecular formula is C10H16S. The molecule has 11 heavy (non-hydrogen) atoms. The number of hydrogen-bond acceptors (Lipinski definition) is 1. The summed E-state index contributed by atoms with van der Waals surface area (Å²) in [6.07, 6.45) is 7.05. The molecule has 0 spiro atoms. The van der Waals surface area contributed by atoms with Crippen LogP contribution in [-0.4, -0.2) is 0 Å². The van der Waals surface area contributed by atoms with Crippen LogP contribution in [0.5, 0.6) is 0 Å². The van der Waals surface area contributed by atoms with Gasteiger partial charge in [0.1, 0.15) is 0 Å². The van der Waals surface area contributed by atoms with E-state index in [1.54, 1.807) is 0 Å². The Morgan fingerprint density at radius 3 is 2.64 bits per heavy atom. The van der Waals surface area contributed by atoms with E-state index in [1.807, 2.05) is 0 Å². The van der Waals surface area contributed by atoms with Crippen LogP contribution in [0.15, 0.2) is 22.1 Å². The van der Waals surface area contributed by atoms with Crippen molar-refractivity contribution in [3.05, 3.63) is 22.1 Å². The van der Waals surface area contributed by atoms with Gasteiger partial charge in [0.2, 0.25) is 0 Å². The molecule has 0 aromatic carbocycles. The summed E-state index contributed by atoms with van der Waals surface area (Å²) in [7, 11) is 0. The molecule has 0 aliphatic heterocycles. The summed E-state index contributed by atoms with van der Waals surface area (Å²) in [6, 6.07) is 0. The maximum Gasteiger partial charge on any atom is -0.0187 e. The second-order valence-corrected chi connectivity index (χ2v) is 3.86. The fourth-order valence-corrected chi connectivity index (χ4v) is 1.54. The average molecular weight is 168 g/mol. The maximum atomic E-state index is 4.45. The highest BCUT2D eigenvalue weighted by Gasteiger charge is 2.02. The maximum absolute atomic E-state index is 4.45. The zero-order chi connectivity index (χ0) is 8.27. The van der Waals surface area contributed by atoms with Crippen molar-refractivity contribution in [2.75, 3.05) is 0 Å². The van der Waals surface area contributed by atoms with Gasteiger partial charge in [0.05, 0.1) is 0 Å². The molecule has 1 rings (SSSR count). The van der Waals surface area contributed by atoms with Crippen LogP contribution < -0.4 is 0 Å². The summed E-state index contributed by atoms with van der Waals surface area (Å²) in [5.41, 5.74) is 3.01. The van der Waals surface area contributed by atoms with Crippen molar-refractivity contribution >= 4 is 12.6 Å². The lowest BCUT2D eigenvalue weighted by atomic mass is 10.0. The molecule has 0 aromatic rings. The molecule has 0 heterocycles. The van der Waals surface area contributed by atoms with Crippen molar-refractivity contribution in [1.29, 1.82) is 0 Å². The first-order valence-corrected chi connectivity index (χ1v) is 4.68. The Morgan fingerprint density at radius 2 is 1.91 bits per heavy atom. The molecule has 62 valence electrons. The van der Waals surface area contributed by atoms with Crippen molar-refractivity contribution in [3.63, 3.8) is 0 Å². The lowest BCUT2D eigenvalue weighted by Crippen LogP contribution is -1.89. The second-order valence-electron chi connectivity index (χ2n) is 3.32. The standard InChI is InChI=1S/C10H16S/c1-8-4-3-5-10(11)9(2)7-6-8/h4,11H,3,5-7H2,1-2H3/b8-4+,10-9+. The molecule has 0 saturated carbocycles. The first-order valence-electron chi connectivity index (χ1n) is 4.23. The molecule has 0 unspecified atom stereocenters. The molecular weight excluding hydrogens is 152 g/mol. The van der Waals surface area contributed by atoms with Crippen LogP contribution in [0.3, 0.4) is 0 Å². The topological polar surface area (TPSA) is 0 Å². The number of hydrogen-bond donors (Lipinski definition) is 1. The van der Waals surface area contributed by atoms with E-state index in [9.17, 15) is 0 Å². The van der Waals surface area contributed by atoms with Crippen LogP contribution >= 0.6 is 12.6 Å². The first-order chi connectivity index (χ1) is 5.20. The van der Waals surface area contributed by atoms with Gasteiger partial charge in [-0.1, -0.05) is 17.2 Å². The minimum atomic E-state index is 1.13. The van der Waals surface area contributed by atoms with Gasteiger partial charge in [-0.25, -0.2) is 0 Å². The van der Waals surface area contributed by atoms with Gasteiger partial charge < -0.3 is 0 Å². The van der Waals surface area contributed by atoms with Crippen LogP contribution in [0, 0.1) is 0 Å². The fraction of sp³-hybridized carbons (Fsp3) is 0.600. The van der Waals surface area contributed by atoms with Crippen molar-refractivity contribution in [2.24, 2.45) is 0 Å². The summed E-state index contributed by atoms with van der Waals surface area (Å²) in [4.78, 5) is 1.30. The second kappa shape index (κ2) is 4.01. The molecule has 0 nitrogen and oxygen atoms in total. The quantitative estimate of drug-likeness (QED) is 0.414. The number of allylic oxidation sites excluding steroid dienone is 4. The van der Waals surface area contributed by atoms with Gasteiger partial charge in [-0.2, -0.15) is 0 Å². The lowest BCUT2D eigenvalue weighted by molar-refractivity contribution is 0.861. The van der Waals surface area contributed by atoms with Crippen molar-refractivity contribution in [1.82, 2.24) is 0 Å². The minimum absolute atomic E-state index is 1.13. The highest BCUT2D eigenvalue weighted by Crippen LogP contribution is 2.24. The van der Waals surface area contributed by atoms with Crippen LogP contribution in [0.2, 0.25) is 0 Å². The summed E-state index contributed by atoms with van der Waals surface area (Å²) in [5, 5.41) is 0. The SMILES string of the molecule is C/C1=C\CC/C(S)=C(/C)CC1. The first kappa shape index (κ1) is 8.92. The molecule has 0 saturated heterocycles. The molecule has 0 atom stereocenters. The Labute approximate surface area is 74.8 Å². The molecule has 0 amide bonds. The Kier molecular flexibility index (Phi) is 3.25. The van der Waals surface area contributed by atoms with E-state index in [1.165, 1.54) is 35.3 Å². The third kappa shape index (κ3) is 2.74. The predicted molar refractivity (Wildman–Crippen MR) is 53.9 cm³/mol. The van der Waals surface area contributed by atoms with Crippen LogP contribution in [0.4, 0.5) is 0 Å². The highest BCUT2D eigenvalue weighted by atomic mass is 32.1. The van der Waals surface area contributed by atoms with Crippen LogP contribution in [0.1, 0.15) is 39.5 Å². The van der Waals surface area contributed by atoms with E-state index in [-0.39, 0.29) is 0 Å². The Balaban J connectivity index is 2.62. The minimum Gasteiger partial charge on any atom is -0.148 e. The van der Waals surface area contributed by atoms with E-state index in [4.69, 9.17) is 0 Å². The summed E-state index contributed by atoms with van der Waals surface area (Å²) < 4.78 is 0. The van der Waals surface area contributed by atoms with Gasteiger partial charge in [-0.15, -0.1) is 12.6 Å². The van der Waals surface area contributed by atoms with Gasteiger partial charge in [0.25, 0.3) is 0 Å². The molecule has 0 radical (unpaired) electrons. The Hall–Kier alpha value is -0.170. The van der Waals surface area contributed by atoms with Gasteiger partial charge in [-0.05, 0) is 44.4 Å². The Morgan fingerprint density at radius 1 is 1.18 bits per heavy atom. The zero-order valence-electron chi connectivity index (χ0n) is 7.35. The van der Waals surface area contributed by atoms with Crippen molar-refractivity contribution in [2.45, 2.75) is 39.5 Å². The fourth-order valence-electron chi connectivity index (χ4n) is 1.30. The van der Waals surface area contributed by atoms with Crippen LogP contribution in [0.25, 0.3) is 0 Å². The molecule has 1 heteroatoms. The third-order valence-electron chi connectivity index (χ3n) is 2.26. The summed E-state index contributed by atoms with van der Waals surface area (Å²) >= 11 is 4.45. The largest absolute Gasteiger partial charge is 0.148 e. The van der Waals surface area contributed by atoms with Gasteiger partial charge >= 0.3 is 0 Å². The summed E-state index contributed by atoms with van der Waals surface area (Å²) in [5.74, 6) is 0. The van der Waals surface area contributed by atoms with Crippen molar-refractivity contribution < 1.29 is 0 Å². The monoisotopic (exact) mass is 168 g/mol. The molecule has 0 aromatic heterocycles. The van der Waals surface area contributed by atoms with Gasteiger partial charge in [0, 0.05) is 0 Å². The van der Waals surface area contributed by atoms with Gasteiger partial charge in [0.15, 0.2) is 0 Å². The van der Waals surface area contributed by atoms with Crippen LogP contribution in [-0.2, 0) is 0 Å². The lowest BCUT2D eigenvalue weighted by Gasteiger charge is -2.10. The normalized spacial score (nSPS) is 32.1. The molecule has 0 fully saturated rings. The zero-order valence-corrected chi connectivity index (χ0v) is 8.25. The van der Waals surface area contributed by atoms with E-state index in [0.29, 0.717) is 0 Å².